The number of nitrogens with zero attached hydrogens (tertiary/aromatic N) is 1. The average molecular weight is 472 g/mol. The Morgan fingerprint density at radius 1 is 1.00 bits per heavy atom. The van der Waals surface area contributed by atoms with Gasteiger partial charge in [0.25, 0.3) is 0 Å². The molecule has 0 amide bonds. The maximum absolute atomic E-state index is 13.6. The fourth-order valence-corrected chi connectivity index (χ4v) is 5.77. The van der Waals surface area contributed by atoms with Gasteiger partial charge >= 0.3 is 5.97 Å². The van der Waals surface area contributed by atoms with Gasteiger partial charge in [-0.2, -0.15) is 0 Å². The first-order valence-corrected chi connectivity index (χ1v) is 11.7. The van der Waals surface area contributed by atoms with Crippen LogP contribution in [0.1, 0.15) is 71.3 Å². The second-order valence-corrected chi connectivity index (χ2v) is 11.5. The summed E-state index contributed by atoms with van der Waals surface area (Å²) in [6.45, 7) is 8.28. The lowest BCUT2D eigenvalue weighted by Crippen LogP contribution is -2.45. The second kappa shape index (κ2) is 8.01. The van der Waals surface area contributed by atoms with Crippen LogP contribution < -0.4 is 0 Å². The van der Waals surface area contributed by atoms with Crippen molar-refractivity contribution in [1.29, 1.82) is 0 Å². The van der Waals surface area contributed by atoms with Gasteiger partial charge in [0.15, 0.2) is 11.6 Å². The van der Waals surface area contributed by atoms with Crippen LogP contribution >= 0.6 is 11.6 Å². The molecule has 0 spiro atoms. The molecule has 4 rings (SSSR count). The Hall–Kier alpha value is -2.60. The summed E-state index contributed by atoms with van der Waals surface area (Å²) in [6.07, 6.45) is 1.69. The molecule has 0 unspecified atom stereocenters. The molecule has 33 heavy (non-hydrogen) atoms. The number of aliphatic carboxylic acids is 1. The smallest absolute Gasteiger partial charge is 0.305 e. The summed E-state index contributed by atoms with van der Waals surface area (Å²) in [5.41, 5.74) is 2.36. The molecule has 0 saturated carbocycles. The number of halogens is 1. The lowest BCUT2D eigenvalue weighted by molar-refractivity contribution is -0.137. The fraction of sp³-hybridized carbons (Fsp3) is 0.500. The van der Waals surface area contributed by atoms with E-state index in [1.54, 1.807) is 12.1 Å². The Morgan fingerprint density at radius 3 is 2.00 bits per heavy atom. The van der Waals surface area contributed by atoms with Gasteiger partial charge in [0.1, 0.15) is 5.75 Å². The molecule has 2 aliphatic carbocycles. The number of carboxylic acid groups (broad SMARTS) is 1. The van der Waals surface area contributed by atoms with Crippen molar-refractivity contribution in [2.75, 3.05) is 6.54 Å². The second-order valence-electron chi connectivity index (χ2n) is 11.0. The molecule has 6 nitrogen and oxygen atoms in total. The summed E-state index contributed by atoms with van der Waals surface area (Å²) < 4.78 is 0. The van der Waals surface area contributed by atoms with Crippen LogP contribution in [0.2, 0.25) is 5.02 Å². The lowest BCUT2D eigenvalue weighted by atomic mass is 9.63. The van der Waals surface area contributed by atoms with E-state index in [0.717, 1.165) is 11.4 Å². The van der Waals surface area contributed by atoms with Gasteiger partial charge < -0.3 is 15.1 Å². The predicted molar refractivity (Wildman–Crippen MR) is 125 cm³/mol. The van der Waals surface area contributed by atoms with E-state index in [1.807, 2.05) is 32.6 Å². The number of rotatable bonds is 4. The highest BCUT2D eigenvalue weighted by Gasteiger charge is 2.49. The summed E-state index contributed by atoms with van der Waals surface area (Å²) >= 11 is 6.27. The number of phenols is 1. The van der Waals surface area contributed by atoms with E-state index in [9.17, 15) is 24.6 Å². The number of benzene rings is 1. The molecule has 0 fully saturated rings. The largest absolute Gasteiger partial charge is 0.508 e. The molecule has 0 saturated heterocycles. The van der Waals surface area contributed by atoms with Crippen molar-refractivity contribution in [3.8, 4) is 5.75 Å². The van der Waals surface area contributed by atoms with E-state index in [4.69, 9.17) is 11.6 Å². The Kier molecular flexibility index (Phi) is 5.72. The minimum atomic E-state index is -0.934. The normalized spacial score (nSPS) is 22.4. The van der Waals surface area contributed by atoms with Crippen molar-refractivity contribution in [3.05, 3.63) is 51.3 Å². The van der Waals surface area contributed by atoms with Gasteiger partial charge in [-0.25, -0.2) is 0 Å². The van der Waals surface area contributed by atoms with Gasteiger partial charge in [-0.15, -0.1) is 0 Å². The number of hydrogen-bond donors (Lipinski definition) is 2. The minimum Gasteiger partial charge on any atom is -0.508 e. The molecular weight excluding hydrogens is 442 g/mol. The quantitative estimate of drug-likeness (QED) is 0.626. The van der Waals surface area contributed by atoms with Crippen molar-refractivity contribution in [2.45, 2.75) is 65.7 Å². The maximum atomic E-state index is 13.6. The molecule has 0 radical (unpaired) electrons. The Bertz CT molecular complexity index is 1070. The van der Waals surface area contributed by atoms with Crippen molar-refractivity contribution >= 4 is 29.1 Å². The third-order valence-corrected chi connectivity index (χ3v) is 7.11. The number of aromatic hydroxyl groups is 1. The predicted octanol–water partition coefficient (Wildman–Crippen LogP) is 5.21. The van der Waals surface area contributed by atoms with E-state index >= 15 is 0 Å². The molecular formula is C26H30ClNO5. The number of ketones is 2. The zero-order valence-electron chi connectivity index (χ0n) is 19.5. The summed E-state index contributed by atoms with van der Waals surface area (Å²) in [5, 5.41) is 20.6. The number of carbonyl (C=O) groups is 3. The van der Waals surface area contributed by atoms with E-state index in [1.165, 1.54) is 6.07 Å². The van der Waals surface area contributed by atoms with Crippen LogP contribution in [0.5, 0.6) is 5.75 Å². The first-order chi connectivity index (χ1) is 15.3. The van der Waals surface area contributed by atoms with Crippen molar-refractivity contribution in [1.82, 2.24) is 4.90 Å². The van der Waals surface area contributed by atoms with Gasteiger partial charge in [-0.05, 0) is 41.9 Å². The Labute approximate surface area is 198 Å². The van der Waals surface area contributed by atoms with E-state index in [2.05, 4.69) is 0 Å². The van der Waals surface area contributed by atoms with Crippen LogP contribution in [-0.2, 0) is 14.4 Å². The number of Topliss-reactive ketones (excluding diaryl/α,β-unsaturated/α-hetero) is 2. The van der Waals surface area contributed by atoms with Crippen LogP contribution in [0.3, 0.4) is 0 Å². The standard InChI is InChI=1S/C26H30ClNO5/c1-25(2)10-16-23(19(30)12-25)22(15-9-14(27)5-6-18(15)29)24-17(28(16)8-7-21(32)33)11-26(3,4)13-20(24)31/h5-6,9,22,29H,7-8,10-13H2,1-4H3,(H,32,33). The minimum absolute atomic E-state index is 0.0163. The zero-order chi connectivity index (χ0) is 24.3. The first kappa shape index (κ1) is 23.6. The third kappa shape index (κ3) is 4.33. The molecule has 1 heterocycles. The monoisotopic (exact) mass is 471 g/mol. The average Bonchev–Trinajstić information content (AvgIpc) is 2.65. The number of allylic oxidation sites excluding steroid dienone is 4. The number of carbonyl (C=O) groups excluding carboxylic acids is 2. The summed E-state index contributed by atoms with van der Waals surface area (Å²) in [7, 11) is 0. The fourth-order valence-electron chi connectivity index (χ4n) is 5.59. The molecule has 1 aliphatic heterocycles. The number of phenolic OH excluding ortho intramolecular Hbond substituents is 1. The lowest BCUT2D eigenvalue weighted by Gasteiger charge is -2.49. The Balaban J connectivity index is 2.01. The van der Waals surface area contributed by atoms with E-state index < -0.39 is 11.9 Å². The first-order valence-electron chi connectivity index (χ1n) is 11.3. The van der Waals surface area contributed by atoms with Crippen LogP contribution in [0.15, 0.2) is 40.7 Å². The third-order valence-electron chi connectivity index (χ3n) is 6.87. The molecule has 176 valence electrons. The van der Waals surface area contributed by atoms with Gasteiger partial charge in [0.05, 0.1) is 6.42 Å². The summed E-state index contributed by atoms with van der Waals surface area (Å²) in [5.74, 6) is -1.80. The number of carboxylic acids is 1. The SMILES string of the molecule is CC1(C)CC(=O)C2=C(C1)N(CCC(=O)O)C1=C(C(=O)CC(C)(C)C1)C2c1cc(Cl)ccc1O. The van der Waals surface area contributed by atoms with E-state index in [0.29, 0.717) is 47.4 Å². The molecule has 2 N–H and O–H groups in total. The highest BCUT2D eigenvalue weighted by molar-refractivity contribution is 6.30. The van der Waals surface area contributed by atoms with Crippen LogP contribution in [-0.4, -0.2) is 39.2 Å². The topological polar surface area (TPSA) is 94.9 Å². The highest BCUT2D eigenvalue weighted by atomic mass is 35.5. The van der Waals surface area contributed by atoms with Crippen LogP contribution in [0.4, 0.5) is 0 Å². The van der Waals surface area contributed by atoms with Gasteiger partial charge in [-0.1, -0.05) is 39.3 Å². The van der Waals surface area contributed by atoms with Gasteiger partial charge in [-0.3, -0.25) is 14.4 Å². The summed E-state index contributed by atoms with van der Waals surface area (Å²) in [6, 6.07) is 4.69. The maximum Gasteiger partial charge on any atom is 0.305 e. The van der Waals surface area contributed by atoms with Crippen LogP contribution in [0.25, 0.3) is 0 Å². The zero-order valence-corrected chi connectivity index (χ0v) is 20.3. The summed E-state index contributed by atoms with van der Waals surface area (Å²) in [4.78, 5) is 40.5. The molecule has 0 bridgehead atoms. The molecule has 1 aromatic carbocycles. The van der Waals surface area contributed by atoms with Gasteiger partial charge in [0, 0.05) is 58.4 Å². The molecule has 0 aromatic heterocycles. The number of hydrogen-bond acceptors (Lipinski definition) is 5. The van der Waals surface area contributed by atoms with Crippen molar-refractivity contribution in [3.63, 3.8) is 0 Å². The Morgan fingerprint density at radius 2 is 1.52 bits per heavy atom. The van der Waals surface area contributed by atoms with Crippen molar-refractivity contribution < 1.29 is 24.6 Å². The molecule has 0 atom stereocenters. The van der Waals surface area contributed by atoms with Crippen LogP contribution in [0, 0.1) is 10.8 Å². The molecule has 7 heteroatoms. The highest BCUT2D eigenvalue weighted by Crippen LogP contribution is 2.55. The van der Waals surface area contributed by atoms with Crippen molar-refractivity contribution in [2.24, 2.45) is 10.8 Å². The van der Waals surface area contributed by atoms with Gasteiger partial charge in [0.2, 0.25) is 0 Å². The van der Waals surface area contributed by atoms with E-state index in [-0.39, 0.29) is 41.1 Å². The molecule has 3 aliphatic rings. The molecule has 1 aromatic rings.